The van der Waals surface area contributed by atoms with Crippen LogP contribution < -0.4 is 10.2 Å². The zero-order chi connectivity index (χ0) is 13.5. The molecule has 106 valence electrons. The van der Waals surface area contributed by atoms with Crippen molar-refractivity contribution in [3.63, 3.8) is 0 Å². The molecule has 1 aromatic rings. The topological polar surface area (TPSA) is 61.4 Å². The first-order valence-electron chi connectivity index (χ1n) is 7.37. The van der Waals surface area contributed by atoms with Gasteiger partial charge in [0.15, 0.2) is 0 Å². The Labute approximate surface area is 118 Å². The maximum absolute atomic E-state index is 11.4. The van der Waals surface area contributed by atoms with Crippen LogP contribution in [0.1, 0.15) is 24.5 Å². The number of aromatic nitrogens is 2. The molecule has 0 unspecified atom stereocenters. The summed E-state index contributed by atoms with van der Waals surface area (Å²) in [5.74, 6) is 1.85. The number of rotatable bonds is 3. The fraction of sp³-hybridized carbons (Fsp3) is 0.643. The van der Waals surface area contributed by atoms with Crippen molar-refractivity contribution in [3.05, 3.63) is 18.1 Å². The van der Waals surface area contributed by atoms with Gasteiger partial charge in [-0.05, 0) is 12.8 Å². The minimum atomic E-state index is 0.146. The van der Waals surface area contributed by atoms with Gasteiger partial charge < -0.3 is 10.2 Å². The zero-order valence-electron chi connectivity index (χ0n) is 11.5. The number of hydrogen-bond donors (Lipinski definition) is 1. The van der Waals surface area contributed by atoms with E-state index >= 15 is 0 Å². The molecule has 3 aliphatic rings. The normalized spacial score (nSPS) is 24.4. The van der Waals surface area contributed by atoms with Gasteiger partial charge in [0.2, 0.25) is 5.91 Å². The summed E-state index contributed by atoms with van der Waals surface area (Å²) in [6.07, 6.45) is 4.22. The van der Waals surface area contributed by atoms with Gasteiger partial charge in [-0.1, -0.05) is 0 Å². The van der Waals surface area contributed by atoms with Crippen LogP contribution in [0.4, 0.5) is 5.82 Å². The Morgan fingerprint density at radius 3 is 2.85 bits per heavy atom. The van der Waals surface area contributed by atoms with E-state index in [0.29, 0.717) is 18.5 Å². The third kappa shape index (κ3) is 2.24. The van der Waals surface area contributed by atoms with Gasteiger partial charge in [0, 0.05) is 49.9 Å². The van der Waals surface area contributed by atoms with Gasteiger partial charge in [0.05, 0.1) is 6.54 Å². The number of anilines is 1. The first-order chi connectivity index (χ1) is 9.79. The predicted molar refractivity (Wildman–Crippen MR) is 74.6 cm³/mol. The largest absolute Gasteiger partial charge is 0.354 e. The molecule has 1 saturated carbocycles. The summed E-state index contributed by atoms with van der Waals surface area (Å²) in [5.41, 5.74) is 1.19. The van der Waals surface area contributed by atoms with Crippen LogP contribution in [0, 0.1) is 0 Å². The van der Waals surface area contributed by atoms with E-state index in [-0.39, 0.29) is 5.91 Å². The SMILES string of the molecule is O=C1CN(C2CN(c3cc(C4CC4)ncn3)C2)CCN1. The summed E-state index contributed by atoms with van der Waals surface area (Å²) in [6.45, 7) is 4.20. The van der Waals surface area contributed by atoms with Gasteiger partial charge in [-0.25, -0.2) is 9.97 Å². The Bertz CT molecular complexity index is 524. The Balaban J connectivity index is 1.38. The third-order valence-corrected chi connectivity index (χ3v) is 4.44. The van der Waals surface area contributed by atoms with E-state index in [1.54, 1.807) is 6.33 Å². The van der Waals surface area contributed by atoms with Crippen LogP contribution in [0.25, 0.3) is 0 Å². The number of amides is 1. The van der Waals surface area contributed by atoms with Crippen molar-refractivity contribution in [2.75, 3.05) is 37.6 Å². The van der Waals surface area contributed by atoms with Crippen molar-refractivity contribution >= 4 is 11.7 Å². The molecule has 0 aromatic carbocycles. The number of piperazine rings is 1. The van der Waals surface area contributed by atoms with Crippen molar-refractivity contribution in [2.45, 2.75) is 24.8 Å². The van der Waals surface area contributed by atoms with E-state index in [9.17, 15) is 4.79 Å². The average molecular weight is 273 g/mol. The minimum Gasteiger partial charge on any atom is -0.354 e. The second-order valence-electron chi connectivity index (χ2n) is 5.95. The molecule has 1 amide bonds. The maximum atomic E-state index is 11.4. The summed E-state index contributed by atoms with van der Waals surface area (Å²) in [6, 6.07) is 2.62. The van der Waals surface area contributed by atoms with Gasteiger partial charge in [-0.3, -0.25) is 9.69 Å². The van der Waals surface area contributed by atoms with Crippen molar-refractivity contribution < 1.29 is 4.79 Å². The van der Waals surface area contributed by atoms with Crippen LogP contribution in [0.5, 0.6) is 0 Å². The van der Waals surface area contributed by atoms with Crippen LogP contribution in [0.2, 0.25) is 0 Å². The first-order valence-corrected chi connectivity index (χ1v) is 7.37. The molecule has 3 fully saturated rings. The molecule has 0 atom stereocenters. The summed E-state index contributed by atoms with van der Waals surface area (Å²) in [7, 11) is 0. The summed E-state index contributed by atoms with van der Waals surface area (Å²) >= 11 is 0. The van der Waals surface area contributed by atoms with Crippen molar-refractivity contribution in [2.24, 2.45) is 0 Å². The van der Waals surface area contributed by atoms with Gasteiger partial charge in [0.1, 0.15) is 12.1 Å². The van der Waals surface area contributed by atoms with Crippen molar-refractivity contribution in [1.82, 2.24) is 20.2 Å². The number of nitrogens with zero attached hydrogens (tertiary/aromatic N) is 4. The highest BCUT2D eigenvalue weighted by Crippen LogP contribution is 2.39. The van der Waals surface area contributed by atoms with Crippen LogP contribution in [-0.2, 0) is 4.79 Å². The van der Waals surface area contributed by atoms with Gasteiger partial charge >= 0.3 is 0 Å². The Kier molecular flexibility index (Phi) is 2.84. The van der Waals surface area contributed by atoms with Gasteiger partial charge in [-0.15, -0.1) is 0 Å². The van der Waals surface area contributed by atoms with E-state index in [2.05, 4.69) is 31.2 Å². The van der Waals surface area contributed by atoms with E-state index in [1.165, 1.54) is 18.5 Å². The van der Waals surface area contributed by atoms with Gasteiger partial charge in [0.25, 0.3) is 0 Å². The fourth-order valence-corrected chi connectivity index (χ4v) is 2.98. The average Bonchev–Trinajstić information content (AvgIpc) is 3.22. The number of carbonyl (C=O) groups excluding carboxylic acids is 1. The number of hydrogen-bond acceptors (Lipinski definition) is 5. The molecular weight excluding hydrogens is 254 g/mol. The number of carbonyl (C=O) groups is 1. The molecule has 0 radical (unpaired) electrons. The molecular formula is C14H19N5O. The highest BCUT2D eigenvalue weighted by Gasteiger charge is 2.35. The maximum Gasteiger partial charge on any atom is 0.234 e. The molecule has 1 aromatic heterocycles. The monoisotopic (exact) mass is 273 g/mol. The standard InChI is InChI=1S/C14H19N5O/c20-14-8-18(4-3-15-14)11-6-19(7-11)13-5-12(10-1-2-10)16-9-17-13/h5,9-11H,1-4,6-8H2,(H,15,20). The summed E-state index contributed by atoms with van der Waals surface area (Å²) in [5, 5.41) is 2.87. The molecule has 2 saturated heterocycles. The van der Waals surface area contributed by atoms with Crippen LogP contribution >= 0.6 is 0 Å². The molecule has 6 nitrogen and oxygen atoms in total. The second kappa shape index (κ2) is 4.70. The Morgan fingerprint density at radius 1 is 1.25 bits per heavy atom. The van der Waals surface area contributed by atoms with Crippen LogP contribution in [-0.4, -0.2) is 59.5 Å². The first kappa shape index (κ1) is 12.1. The highest BCUT2D eigenvalue weighted by molar-refractivity contribution is 5.78. The molecule has 4 rings (SSSR count). The molecule has 1 aliphatic carbocycles. The molecule has 0 bridgehead atoms. The number of nitrogens with one attached hydrogen (secondary N) is 1. The second-order valence-corrected chi connectivity index (χ2v) is 5.95. The molecule has 3 heterocycles. The lowest BCUT2D eigenvalue weighted by Gasteiger charge is -2.46. The third-order valence-electron chi connectivity index (χ3n) is 4.44. The molecule has 6 heteroatoms. The zero-order valence-corrected chi connectivity index (χ0v) is 11.5. The predicted octanol–water partition coefficient (Wildman–Crippen LogP) is -0.0256. The van der Waals surface area contributed by atoms with Crippen LogP contribution in [0.15, 0.2) is 12.4 Å². The highest BCUT2D eigenvalue weighted by atomic mass is 16.2. The minimum absolute atomic E-state index is 0.146. The fourth-order valence-electron chi connectivity index (χ4n) is 2.98. The van der Waals surface area contributed by atoms with E-state index in [4.69, 9.17) is 0 Å². The summed E-state index contributed by atoms with van der Waals surface area (Å²) < 4.78 is 0. The Morgan fingerprint density at radius 2 is 2.10 bits per heavy atom. The van der Waals surface area contributed by atoms with E-state index in [1.807, 2.05) is 0 Å². The molecule has 0 spiro atoms. The quantitative estimate of drug-likeness (QED) is 0.838. The lowest BCUT2D eigenvalue weighted by Crippen LogP contribution is -2.64. The Hall–Kier alpha value is -1.69. The summed E-state index contributed by atoms with van der Waals surface area (Å²) in [4.78, 5) is 24.7. The smallest absolute Gasteiger partial charge is 0.234 e. The molecule has 2 aliphatic heterocycles. The lowest BCUT2D eigenvalue weighted by molar-refractivity contribution is -0.125. The molecule has 1 N–H and O–H groups in total. The lowest BCUT2D eigenvalue weighted by atomic mass is 10.1. The van der Waals surface area contributed by atoms with Crippen molar-refractivity contribution in [1.29, 1.82) is 0 Å². The van der Waals surface area contributed by atoms with E-state index < -0.39 is 0 Å². The van der Waals surface area contributed by atoms with Gasteiger partial charge in [-0.2, -0.15) is 0 Å². The van der Waals surface area contributed by atoms with E-state index in [0.717, 1.165) is 32.0 Å². The van der Waals surface area contributed by atoms with Crippen LogP contribution in [0.3, 0.4) is 0 Å². The van der Waals surface area contributed by atoms with Crippen molar-refractivity contribution in [3.8, 4) is 0 Å². The molecule has 20 heavy (non-hydrogen) atoms.